The van der Waals surface area contributed by atoms with Crippen LogP contribution in [-0.2, 0) is 10.2 Å². The van der Waals surface area contributed by atoms with E-state index in [4.69, 9.17) is 10.2 Å². The summed E-state index contributed by atoms with van der Waals surface area (Å²) < 4.78 is 0. The number of carboxylic acids is 1. The average Bonchev–Trinajstić information content (AvgIpc) is 2.31. The molecule has 0 aliphatic carbocycles. The van der Waals surface area contributed by atoms with Crippen LogP contribution in [0.3, 0.4) is 0 Å². The van der Waals surface area contributed by atoms with Crippen molar-refractivity contribution in [2.75, 3.05) is 6.61 Å². The van der Waals surface area contributed by atoms with Crippen molar-refractivity contribution in [1.29, 1.82) is 0 Å². The highest BCUT2D eigenvalue weighted by molar-refractivity contribution is 5.68. The molecule has 0 saturated heterocycles. The number of aliphatic hydroxyl groups excluding tert-OH is 1. The molecule has 0 unspecified atom stereocenters. The van der Waals surface area contributed by atoms with Crippen molar-refractivity contribution < 1.29 is 15.0 Å². The summed E-state index contributed by atoms with van der Waals surface area (Å²) in [5.74, 6) is -0.972. The highest BCUT2D eigenvalue weighted by atomic mass is 16.4. The van der Waals surface area contributed by atoms with Crippen molar-refractivity contribution in [1.82, 2.24) is 0 Å². The van der Waals surface area contributed by atoms with Crippen molar-refractivity contribution in [2.24, 2.45) is 5.92 Å². The molecule has 3 nitrogen and oxygen atoms in total. The predicted octanol–water partition coefficient (Wildman–Crippen LogP) is 2.68. The Balaban J connectivity index is 0.000000366. The smallest absolute Gasteiger partial charge is 0.305 e. The molecule has 0 spiro atoms. The fourth-order valence-electron chi connectivity index (χ4n) is 0.981. The minimum absolute atomic E-state index is 0.110. The monoisotopic (exact) mass is 238 g/mol. The molecule has 1 rings (SSSR count). The Morgan fingerprint density at radius 1 is 1.24 bits per heavy atom. The molecule has 0 aliphatic heterocycles. The second-order valence-corrected chi connectivity index (χ2v) is 4.90. The first-order valence-electron chi connectivity index (χ1n) is 5.70. The van der Waals surface area contributed by atoms with Gasteiger partial charge in [-0.25, -0.2) is 0 Å². The van der Waals surface area contributed by atoms with Crippen LogP contribution < -0.4 is 0 Å². The van der Waals surface area contributed by atoms with Crippen LogP contribution in [0.15, 0.2) is 30.3 Å². The summed E-state index contributed by atoms with van der Waals surface area (Å²) >= 11 is 0. The van der Waals surface area contributed by atoms with Gasteiger partial charge in [-0.3, -0.25) is 4.79 Å². The predicted molar refractivity (Wildman–Crippen MR) is 69.0 cm³/mol. The molecule has 1 aromatic rings. The summed E-state index contributed by atoms with van der Waals surface area (Å²) in [5, 5.41) is 17.0. The van der Waals surface area contributed by atoms with Crippen LogP contribution in [0.2, 0.25) is 0 Å². The average molecular weight is 238 g/mol. The van der Waals surface area contributed by atoms with Gasteiger partial charge in [0, 0.05) is 5.41 Å². The molecule has 2 N–H and O–H groups in total. The maximum atomic E-state index is 9.70. The van der Waals surface area contributed by atoms with E-state index in [9.17, 15) is 4.79 Å². The third-order valence-corrected chi connectivity index (χ3v) is 2.44. The van der Waals surface area contributed by atoms with E-state index in [1.54, 1.807) is 13.8 Å². The molecule has 1 aromatic carbocycles. The van der Waals surface area contributed by atoms with E-state index in [1.807, 2.05) is 44.2 Å². The standard InChI is InChI=1S/C10H14O.C4H8O2/c1-10(2,8-11)9-6-4-3-5-7-9;1-3(2)4(5)6/h3-7,11H,8H2,1-2H3;3H,1-2H3,(H,5,6). The molecule has 0 aliphatic rings. The van der Waals surface area contributed by atoms with Crippen LogP contribution in [0.5, 0.6) is 0 Å². The lowest BCUT2D eigenvalue weighted by atomic mass is 9.86. The minimum Gasteiger partial charge on any atom is -0.481 e. The van der Waals surface area contributed by atoms with E-state index in [2.05, 4.69) is 0 Å². The summed E-state index contributed by atoms with van der Waals surface area (Å²) in [5.41, 5.74) is 1.07. The zero-order valence-corrected chi connectivity index (χ0v) is 11.0. The molecule has 0 radical (unpaired) electrons. The molecule has 0 heterocycles. The van der Waals surface area contributed by atoms with Crippen molar-refractivity contribution >= 4 is 5.97 Å². The largest absolute Gasteiger partial charge is 0.481 e. The van der Waals surface area contributed by atoms with Crippen LogP contribution >= 0.6 is 0 Å². The first-order chi connectivity index (χ1) is 7.81. The Labute approximate surface area is 103 Å². The number of aliphatic hydroxyl groups is 1. The van der Waals surface area contributed by atoms with E-state index in [1.165, 1.54) is 5.56 Å². The fourth-order valence-corrected chi connectivity index (χ4v) is 0.981. The van der Waals surface area contributed by atoms with Gasteiger partial charge < -0.3 is 10.2 Å². The van der Waals surface area contributed by atoms with Crippen molar-refractivity contribution in [3.05, 3.63) is 35.9 Å². The summed E-state index contributed by atoms with van der Waals surface area (Å²) in [7, 11) is 0. The fraction of sp³-hybridized carbons (Fsp3) is 0.500. The van der Waals surface area contributed by atoms with Gasteiger partial charge in [-0.2, -0.15) is 0 Å². The van der Waals surface area contributed by atoms with E-state index >= 15 is 0 Å². The van der Waals surface area contributed by atoms with Crippen LogP contribution in [0, 0.1) is 5.92 Å². The zero-order valence-electron chi connectivity index (χ0n) is 11.0. The highest BCUT2D eigenvalue weighted by Crippen LogP contribution is 2.21. The molecular weight excluding hydrogens is 216 g/mol. The lowest BCUT2D eigenvalue weighted by Crippen LogP contribution is -2.21. The van der Waals surface area contributed by atoms with Crippen LogP contribution in [0.25, 0.3) is 0 Å². The van der Waals surface area contributed by atoms with Gasteiger partial charge in [0.05, 0.1) is 12.5 Å². The third kappa shape index (κ3) is 6.07. The Hall–Kier alpha value is -1.35. The second-order valence-electron chi connectivity index (χ2n) is 4.90. The molecule has 3 heteroatoms. The molecule has 0 fully saturated rings. The maximum Gasteiger partial charge on any atom is 0.305 e. The lowest BCUT2D eigenvalue weighted by Gasteiger charge is -2.21. The van der Waals surface area contributed by atoms with Crippen LogP contribution in [-0.4, -0.2) is 22.8 Å². The van der Waals surface area contributed by atoms with Gasteiger partial charge in [-0.15, -0.1) is 0 Å². The second kappa shape index (κ2) is 7.07. The molecule has 96 valence electrons. The SMILES string of the molecule is CC(C)(CO)c1ccccc1.CC(C)C(=O)O. The topological polar surface area (TPSA) is 57.5 Å². The van der Waals surface area contributed by atoms with Crippen molar-refractivity contribution in [3.63, 3.8) is 0 Å². The van der Waals surface area contributed by atoms with Gasteiger partial charge in [0.2, 0.25) is 0 Å². The Morgan fingerprint density at radius 2 is 1.65 bits per heavy atom. The number of rotatable bonds is 3. The van der Waals surface area contributed by atoms with Crippen molar-refractivity contribution in [2.45, 2.75) is 33.1 Å². The summed E-state index contributed by atoms with van der Waals surface area (Å²) in [4.78, 5) is 9.70. The van der Waals surface area contributed by atoms with Crippen molar-refractivity contribution in [3.8, 4) is 0 Å². The normalized spacial score (nSPS) is 10.7. The van der Waals surface area contributed by atoms with Gasteiger partial charge in [0.25, 0.3) is 0 Å². The summed E-state index contributed by atoms with van der Waals surface area (Å²) in [6.45, 7) is 7.53. The van der Waals surface area contributed by atoms with Crippen LogP contribution in [0.4, 0.5) is 0 Å². The first-order valence-corrected chi connectivity index (χ1v) is 5.70. The first kappa shape index (κ1) is 15.7. The Kier molecular flexibility index (Phi) is 6.51. The number of carbonyl (C=O) groups is 1. The van der Waals surface area contributed by atoms with Crippen LogP contribution in [0.1, 0.15) is 33.3 Å². The van der Waals surface area contributed by atoms with Gasteiger partial charge in [0.1, 0.15) is 0 Å². The summed E-state index contributed by atoms with van der Waals surface area (Å²) in [6, 6.07) is 10.0. The quantitative estimate of drug-likeness (QED) is 0.851. The molecule has 0 bridgehead atoms. The minimum atomic E-state index is -0.741. The number of benzene rings is 1. The van der Waals surface area contributed by atoms with E-state index in [0.717, 1.165) is 0 Å². The van der Waals surface area contributed by atoms with Gasteiger partial charge in [-0.1, -0.05) is 58.0 Å². The number of aliphatic carboxylic acids is 1. The molecule has 17 heavy (non-hydrogen) atoms. The third-order valence-electron chi connectivity index (χ3n) is 2.44. The number of carboxylic acid groups (broad SMARTS) is 1. The van der Waals surface area contributed by atoms with E-state index < -0.39 is 5.97 Å². The molecule has 0 amide bonds. The maximum absolute atomic E-state index is 9.70. The van der Waals surface area contributed by atoms with E-state index in [0.29, 0.717) is 0 Å². The van der Waals surface area contributed by atoms with Gasteiger partial charge >= 0.3 is 5.97 Å². The Bertz CT molecular complexity index is 329. The van der Waals surface area contributed by atoms with E-state index in [-0.39, 0.29) is 17.9 Å². The molecule has 0 aromatic heterocycles. The highest BCUT2D eigenvalue weighted by Gasteiger charge is 2.17. The lowest BCUT2D eigenvalue weighted by molar-refractivity contribution is -0.140. The number of hydrogen-bond acceptors (Lipinski definition) is 2. The molecule has 0 saturated carbocycles. The zero-order chi connectivity index (χ0) is 13.5. The van der Waals surface area contributed by atoms with Gasteiger partial charge in [0.15, 0.2) is 0 Å². The molecule has 0 atom stereocenters. The molecular formula is C14H22O3. The number of hydrogen-bond donors (Lipinski definition) is 2. The van der Waals surface area contributed by atoms with Gasteiger partial charge in [-0.05, 0) is 5.56 Å². The summed E-state index contributed by atoms with van der Waals surface area (Å²) in [6.07, 6.45) is 0. The Morgan fingerprint density at radius 3 is 1.94 bits per heavy atom.